The summed E-state index contributed by atoms with van der Waals surface area (Å²) in [6, 6.07) is 0. The van der Waals surface area contributed by atoms with Gasteiger partial charge in [-0.05, 0) is 23.7 Å². The van der Waals surface area contributed by atoms with E-state index in [-0.39, 0.29) is 12.0 Å². The van der Waals surface area contributed by atoms with Crippen LogP contribution in [-0.2, 0) is 0 Å². The van der Waals surface area contributed by atoms with E-state index in [4.69, 9.17) is 5.11 Å². The molecule has 0 spiro atoms. The zero-order valence-electron chi connectivity index (χ0n) is 10.3. The summed E-state index contributed by atoms with van der Waals surface area (Å²) < 4.78 is 0. The third kappa shape index (κ3) is 5.61. The van der Waals surface area contributed by atoms with Crippen molar-refractivity contribution in [3.63, 3.8) is 0 Å². The first-order valence-electron chi connectivity index (χ1n) is 5.51. The lowest BCUT2D eigenvalue weighted by Gasteiger charge is -2.35. The highest BCUT2D eigenvalue weighted by Gasteiger charge is 2.29. The summed E-state index contributed by atoms with van der Waals surface area (Å²) in [5.41, 5.74) is 0.417. The maximum absolute atomic E-state index is 9.41. The van der Waals surface area contributed by atoms with Gasteiger partial charge in [-0.15, -0.1) is 0 Å². The van der Waals surface area contributed by atoms with Crippen LogP contribution in [0.15, 0.2) is 0 Å². The van der Waals surface area contributed by atoms with Crippen LogP contribution in [0.2, 0.25) is 0 Å². The Labute approximate surface area is 88.3 Å². The minimum Gasteiger partial charge on any atom is -0.394 e. The van der Waals surface area contributed by atoms with Gasteiger partial charge in [-0.3, -0.25) is 0 Å². The summed E-state index contributed by atoms with van der Waals surface area (Å²) in [4.78, 5) is 0. The fraction of sp³-hybridized carbons (Fsp3) is 1.00. The zero-order valence-corrected chi connectivity index (χ0v) is 10.3. The number of hydrogen-bond donors (Lipinski definition) is 2. The van der Waals surface area contributed by atoms with Crippen molar-refractivity contribution in [2.24, 2.45) is 10.8 Å². The van der Waals surface area contributed by atoms with Crippen molar-refractivity contribution >= 4 is 0 Å². The van der Waals surface area contributed by atoms with Crippen LogP contribution in [0.4, 0.5) is 0 Å². The molecule has 0 saturated carbocycles. The van der Waals surface area contributed by atoms with E-state index in [0.717, 1.165) is 12.8 Å². The number of hydrogen-bond acceptors (Lipinski definition) is 2. The van der Waals surface area contributed by atoms with Gasteiger partial charge in [0.25, 0.3) is 0 Å². The van der Waals surface area contributed by atoms with Crippen LogP contribution in [0, 0.1) is 10.8 Å². The predicted octanol–water partition coefficient (Wildman–Crippen LogP) is 2.58. The average Bonchev–Trinajstić information content (AvgIpc) is 2.01. The minimum atomic E-state index is -0.572. The summed E-state index contributed by atoms with van der Waals surface area (Å²) in [5, 5.41) is 18.2. The quantitative estimate of drug-likeness (QED) is 0.695. The van der Waals surface area contributed by atoms with Crippen LogP contribution in [0.25, 0.3) is 0 Å². The predicted molar refractivity (Wildman–Crippen MR) is 60.2 cm³/mol. The highest BCUT2D eigenvalue weighted by molar-refractivity contribution is 4.80. The van der Waals surface area contributed by atoms with Gasteiger partial charge >= 0.3 is 0 Å². The summed E-state index contributed by atoms with van der Waals surface area (Å²) in [6.45, 7) is 10.9. The fourth-order valence-corrected chi connectivity index (χ4v) is 2.20. The number of rotatable bonds is 6. The third-order valence-corrected chi connectivity index (χ3v) is 2.91. The van der Waals surface area contributed by atoms with E-state index in [1.165, 1.54) is 0 Å². The van der Waals surface area contributed by atoms with Crippen LogP contribution >= 0.6 is 0 Å². The Morgan fingerprint density at radius 3 is 1.93 bits per heavy atom. The molecule has 0 aliphatic carbocycles. The molecule has 2 N–H and O–H groups in total. The van der Waals surface area contributed by atoms with Crippen molar-refractivity contribution in [3.05, 3.63) is 0 Å². The van der Waals surface area contributed by atoms with Crippen LogP contribution in [0.1, 0.15) is 53.9 Å². The van der Waals surface area contributed by atoms with Crippen molar-refractivity contribution < 1.29 is 10.2 Å². The fourth-order valence-electron chi connectivity index (χ4n) is 2.20. The van der Waals surface area contributed by atoms with Crippen LogP contribution in [0.3, 0.4) is 0 Å². The van der Waals surface area contributed by atoms with Gasteiger partial charge in [0.05, 0.1) is 12.7 Å². The molecule has 2 nitrogen and oxygen atoms in total. The maximum Gasteiger partial charge on any atom is 0.0776 e. The second kappa shape index (κ2) is 5.13. The lowest BCUT2D eigenvalue weighted by molar-refractivity contribution is 0.0414. The van der Waals surface area contributed by atoms with E-state index in [9.17, 15) is 5.11 Å². The summed E-state index contributed by atoms with van der Waals surface area (Å²) in [6.07, 6.45) is 2.32. The smallest absolute Gasteiger partial charge is 0.0776 e. The molecule has 14 heavy (non-hydrogen) atoms. The van der Waals surface area contributed by atoms with Gasteiger partial charge in [0.15, 0.2) is 0 Å². The van der Waals surface area contributed by atoms with Gasteiger partial charge in [0, 0.05) is 0 Å². The summed E-state index contributed by atoms with van der Waals surface area (Å²) >= 11 is 0. The Morgan fingerprint density at radius 1 is 1.07 bits per heavy atom. The van der Waals surface area contributed by atoms with Crippen molar-refractivity contribution in [3.8, 4) is 0 Å². The molecule has 1 unspecified atom stereocenters. The molecule has 0 aromatic heterocycles. The average molecular weight is 202 g/mol. The normalized spacial score (nSPS) is 15.6. The molecular weight excluding hydrogens is 176 g/mol. The van der Waals surface area contributed by atoms with Crippen LogP contribution in [0.5, 0.6) is 0 Å². The Morgan fingerprint density at radius 2 is 1.57 bits per heavy atom. The van der Waals surface area contributed by atoms with E-state index in [1.807, 2.05) is 0 Å². The number of aliphatic hydroxyl groups excluding tert-OH is 2. The molecular formula is C12H26O2. The lowest BCUT2D eigenvalue weighted by Crippen LogP contribution is -2.28. The van der Waals surface area contributed by atoms with Gasteiger partial charge in [-0.1, -0.05) is 41.0 Å². The van der Waals surface area contributed by atoms with E-state index < -0.39 is 6.10 Å². The molecule has 86 valence electrons. The molecule has 0 amide bonds. The molecule has 0 saturated heterocycles. The van der Waals surface area contributed by atoms with Crippen molar-refractivity contribution in [1.82, 2.24) is 0 Å². The molecule has 0 rings (SSSR count). The molecule has 1 atom stereocenters. The topological polar surface area (TPSA) is 40.5 Å². The Hall–Kier alpha value is -0.0800. The van der Waals surface area contributed by atoms with Crippen LogP contribution < -0.4 is 0 Å². The molecule has 0 aliphatic heterocycles. The first kappa shape index (κ1) is 13.9. The van der Waals surface area contributed by atoms with Crippen molar-refractivity contribution in [2.75, 3.05) is 6.61 Å². The Kier molecular flexibility index (Phi) is 5.10. The Bertz CT molecular complexity index is 162. The van der Waals surface area contributed by atoms with Gasteiger partial charge in [0.2, 0.25) is 0 Å². The highest BCUT2D eigenvalue weighted by atomic mass is 16.3. The molecule has 0 heterocycles. The molecule has 0 aliphatic rings. The monoisotopic (exact) mass is 202 g/mol. The molecule has 0 bridgehead atoms. The zero-order chi connectivity index (χ0) is 11.4. The minimum absolute atomic E-state index is 0.0989. The molecule has 0 radical (unpaired) electrons. The Balaban J connectivity index is 4.19. The molecule has 0 aromatic carbocycles. The highest BCUT2D eigenvalue weighted by Crippen LogP contribution is 2.38. The third-order valence-electron chi connectivity index (χ3n) is 2.91. The van der Waals surface area contributed by atoms with Gasteiger partial charge in [0.1, 0.15) is 0 Å². The van der Waals surface area contributed by atoms with E-state index in [2.05, 4.69) is 34.6 Å². The molecule has 0 fully saturated rings. The van der Waals surface area contributed by atoms with E-state index in [0.29, 0.717) is 11.8 Å². The van der Waals surface area contributed by atoms with E-state index in [1.54, 1.807) is 0 Å². The maximum atomic E-state index is 9.41. The largest absolute Gasteiger partial charge is 0.394 e. The second-order valence-corrected chi connectivity index (χ2v) is 5.90. The SMILES string of the molecule is CCC(C)(C)CC(C)(C)CC(O)CO. The van der Waals surface area contributed by atoms with Crippen molar-refractivity contribution in [2.45, 2.75) is 60.0 Å². The standard InChI is InChI=1S/C12H26O2/c1-6-11(2,3)9-12(4,5)7-10(14)8-13/h10,13-14H,6-9H2,1-5H3. The first-order chi connectivity index (χ1) is 6.22. The molecule has 2 heteroatoms. The summed E-state index contributed by atoms with van der Waals surface area (Å²) in [7, 11) is 0. The van der Waals surface area contributed by atoms with Gasteiger partial charge in [-0.2, -0.15) is 0 Å². The van der Waals surface area contributed by atoms with Crippen LogP contribution in [-0.4, -0.2) is 22.9 Å². The van der Waals surface area contributed by atoms with E-state index >= 15 is 0 Å². The van der Waals surface area contributed by atoms with Crippen molar-refractivity contribution in [1.29, 1.82) is 0 Å². The summed E-state index contributed by atoms with van der Waals surface area (Å²) in [5.74, 6) is 0. The number of aliphatic hydroxyl groups is 2. The second-order valence-electron chi connectivity index (χ2n) is 5.90. The lowest BCUT2D eigenvalue weighted by atomic mass is 9.71. The van der Waals surface area contributed by atoms with Gasteiger partial charge in [-0.25, -0.2) is 0 Å². The first-order valence-corrected chi connectivity index (χ1v) is 5.51. The van der Waals surface area contributed by atoms with Gasteiger partial charge < -0.3 is 10.2 Å². The molecule has 0 aromatic rings.